The first-order chi connectivity index (χ1) is 10.1. The summed E-state index contributed by atoms with van der Waals surface area (Å²) in [4.78, 5) is 12.5. The van der Waals surface area contributed by atoms with E-state index in [4.69, 9.17) is 0 Å². The Balaban J connectivity index is 2.55. The topological polar surface area (TPSA) is 57.5 Å². The van der Waals surface area contributed by atoms with Crippen LogP contribution in [0.1, 0.15) is 54.7 Å². The predicted octanol–water partition coefficient (Wildman–Crippen LogP) is 3.37. The minimum Gasteiger partial charge on any atom is -0.386 e. The second kappa shape index (κ2) is 5.67. The largest absolute Gasteiger partial charge is 0.386 e. The van der Waals surface area contributed by atoms with Crippen molar-refractivity contribution in [1.82, 2.24) is 0 Å². The van der Waals surface area contributed by atoms with Crippen molar-refractivity contribution in [1.29, 1.82) is 0 Å². The fourth-order valence-corrected chi connectivity index (χ4v) is 2.48. The van der Waals surface area contributed by atoms with E-state index in [1.165, 1.54) is 0 Å². The molecule has 0 aliphatic rings. The predicted molar refractivity (Wildman–Crippen MR) is 86.8 cm³/mol. The van der Waals surface area contributed by atoms with Crippen LogP contribution in [-0.2, 0) is 11.2 Å². The van der Waals surface area contributed by atoms with E-state index in [9.17, 15) is 15.0 Å². The lowest BCUT2D eigenvalue weighted by atomic mass is 9.83. The lowest BCUT2D eigenvalue weighted by molar-refractivity contribution is 0.0523. The number of aliphatic hydroxyl groups is 2. The molecule has 0 heterocycles. The normalized spacial score (nSPS) is 12.3. The van der Waals surface area contributed by atoms with Gasteiger partial charge in [0, 0.05) is 11.1 Å². The van der Waals surface area contributed by atoms with Crippen LogP contribution in [0.5, 0.6) is 0 Å². The van der Waals surface area contributed by atoms with Crippen molar-refractivity contribution in [2.45, 2.75) is 38.9 Å². The number of hydrogen-bond acceptors (Lipinski definition) is 3. The van der Waals surface area contributed by atoms with Crippen molar-refractivity contribution in [2.75, 3.05) is 0 Å². The van der Waals surface area contributed by atoms with Gasteiger partial charge in [0.25, 0.3) is 0 Å². The monoisotopic (exact) mass is 298 g/mol. The van der Waals surface area contributed by atoms with Gasteiger partial charge in [-0.05, 0) is 44.9 Å². The van der Waals surface area contributed by atoms with E-state index in [2.05, 4.69) is 0 Å². The maximum atomic E-state index is 12.5. The van der Waals surface area contributed by atoms with Crippen LogP contribution in [0.25, 0.3) is 0 Å². The number of ketones is 1. The Morgan fingerprint density at radius 3 is 1.82 bits per heavy atom. The van der Waals surface area contributed by atoms with Gasteiger partial charge in [-0.15, -0.1) is 0 Å². The molecule has 0 fully saturated rings. The van der Waals surface area contributed by atoms with Gasteiger partial charge in [0.2, 0.25) is 0 Å². The molecule has 0 spiro atoms. The molecule has 0 amide bonds. The number of hydrogen-bond donors (Lipinski definition) is 2. The summed E-state index contributed by atoms with van der Waals surface area (Å²) in [5.41, 5.74) is 0.0225. The van der Waals surface area contributed by atoms with E-state index < -0.39 is 11.2 Å². The van der Waals surface area contributed by atoms with Crippen molar-refractivity contribution in [3.63, 3.8) is 0 Å². The molecule has 2 rings (SSSR count). The van der Waals surface area contributed by atoms with Crippen molar-refractivity contribution >= 4 is 5.78 Å². The average Bonchev–Trinajstić information content (AvgIpc) is 2.45. The Bertz CT molecular complexity index is 674. The SMILES string of the molecule is CC(C)(O)c1ccc(C(=O)c2ccccc2)cc1C(C)(C)O. The molecule has 0 radical (unpaired) electrons. The summed E-state index contributed by atoms with van der Waals surface area (Å²) in [5.74, 6) is -0.103. The average molecular weight is 298 g/mol. The number of rotatable bonds is 4. The molecular weight excluding hydrogens is 276 g/mol. The van der Waals surface area contributed by atoms with E-state index in [0.29, 0.717) is 22.3 Å². The van der Waals surface area contributed by atoms with Gasteiger partial charge in [-0.2, -0.15) is 0 Å². The molecule has 0 aliphatic carbocycles. The van der Waals surface area contributed by atoms with Gasteiger partial charge in [-0.3, -0.25) is 4.79 Å². The molecule has 0 atom stereocenters. The van der Waals surface area contributed by atoms with Crippen LogP contribution in [0.15, 0.2) is 48.5 Å². The zero-order valence-corrected chi connectivity index (χ0v) is 13.4. The summed E-state index contributed by atoms with van der Waals surface area (Å²) >= 11 is 0. The first-order valence-electron chi connectivity index (χ1n) is 7.30. The van der Waals surface area contributed by atoms with E-state index >= 15 is 0 Å². The van der Waals surface area contributed by atoms with Gasteiger partial charge in [-0.1, -0.05) is 42.5 Å². The maximum absolute atomic E-state index is 12.5. The fourth-order valence-electron chi connectivity index (χ4n) is 2.48. The summed E-state index contributed by atoms with van der Waals surface area (Å²) < 4.78 is 0. The van der Waals surface area contributed by atoms with Crippen molar-refractivity contribution < 1.29 is 15.0 Å². The van der Waals surface area contributed by atoms with E-state index in [1.807, 2.05) is 18.2 Å². The summed E-state index contributed by atoms with van der Waals surface area (Å²) in [6, 6.07) is 14.1. The van der Waals surface area contributed by atoms with Gasteiger partial charge >= 0.3 is 0 Å². The zero-order chi connectivity index (χ0) is 16.5. The molecule has 2 N–H and O–H groups in total. The number of benzene rings is 2. The van der Waals surface area contributed by atoms with Crippen molar-refractivity contribution in [3.05, 3.63) is 70.8 Å². The Kier molecular flexibility index (Phi) is 4.23. The molecule has 3 heteroatoms. The number of carbonyl (C=O) groups is 1. The highest BCUT2D eigenvalue weighted by Gasteiger charge is 2.28. The molecule has 0 unspecified atom stereocenters. The molecule has 22 heavy (non-hydrogen) atoms. The van der Waals surface area contributed by atoms with Crippen LogP contribution in [0, 0.1) is 0 Å². The summed E-state index contributed by atoms with van der Waals surface area (Å²) in [5, 5.41) is 20.7. The number of carbonyl (C=O) groups excluding carboxylic acids is 1. The third-order valence-electron chi connectivity index (χ3n) is 3.64. The van der Waals surface area contributed by atoms with Crippen LogP contribution in [0.4, 0.5) is 0 Å². The van der Waals surface area contributed by atoms with Crippen LogP contribution in [0.3, 0.4) is 0 Å². The molecule has 2 aromatic carbocycles. The van der Waals surface area contributed by atoms with Gasteiger partial charge in [-0.25, -0.2) is 0 Å². The minimum absolute atomic E-state index is 0.103. The van der Waals surface area contributed by atoms with Crippen LogP contribution < -0.4 is 0 Å². The van der Waals surface area contributed by atoms with Gasteiger partial charge in [0.15, 0.2) is 5.78 Å². The van der Waals surface area contributed by atoms with Gasteiger partial charge in [0.05, 0.1) is 11.2 Å². The quantitative estimate of drug-likeness (QED) is 0.851. The molecule has 0 saturated carbocycles. The van der Waals surface area contributed by atoms with Crippen LogP contribution in [0.2, 0.25) is 0 Å². The van der Waals surface area contributed by atoms with E-state index in [1.54, 1.807) is 58.0 Å². The highest BCUT2D eigenvalue weighted by molar-refractivity contribution is 6.09. The van der Waals surface area contributed by atoms with Gasteiger partial charge in [0.1, 0.15) is 0 Å². The maximum Gasteiger partial charge on any atom is 0.193 e. The molecule has 2 aromatic rings. The lowest BCUT2D eigenvalue weighted by Gasteiger charge is -2.28. The second-order valence-corrected chi connectivity index (χ2v) is 6.57. The summed E-state index contributed by atoms with van der Waals surface area (Å²) in [7, 11) is 0. The Hall–Kier alpha value is -1.97. The minimum atomic E-state index is -1.15. The smallest absolute Gasteiger partial charge is 0.193 e. The third kappa shape index (κ3) is 3.43. The Morgan fingerprint density at radius 2 is 1.32 bits per heavy atom. The third-order valence-corrected chi connectivity index (χ3v) is 3.64. The van der Waals surface area contributed by atoms with Gasteiger partial charge < -0.3 is 10.2 Å². The first-order valence-corrected chi connectivity index (χ1v) is 7.30. The summed E-state index contributed by atoms with van der Waals surface area (Å²) in [6.07, 6.45) is 0. The van der Waals surface area contributed by atoms with Crippen molar-refractivity contribution in [2.24, 2.45) is 0 Å². The van der Waals surface area contributed by atoms with Crippen LogP contribution in [-0.4, -0.2) is 16.0 Å². The fraction of sp³-hybridized carbons (Fsp3) is 0.316. The standard InChI is InChI=1S/C19H22O3/c1-18(2,21)15-11-10-14(12-16(15)19(3,4)22)17(20)13-8-6-5-7-9-13/h5-12,21-22H,1-4H3. The molecule has 116 valence electrons. The molecule has 0 aromatic heterocycles. The molecule has 0 bridgehead atoms. The van der Waals surface area contributed by atoms with Crippen LogP contribution >= 0.6 is 0 Å². The Morgan fingerprint density at radius 1 is 0.773 bits per heavy atom. The van der Waals surface area contributed by atoms with E-state index in [-0.39, 0.29) is 5.78 Å². The highest BCUT2D eigenvalue weighted by atomic mass is 16.3. The first kappa shape index (κ1) is 16.4. The molecule has 0 aliphatic heterocycles. The summed E-state index contributed by atoms with van der Waals surface area (Å²) in [6.45, 7) is 6.62. The Labute approximate surface area is 131 Å². The zero-order valence-electron chi connectivity index (χ0n) is 13.4. The molecule has 0 saturated heterocycles. The second-order valence-electron chi connectivity index (χ2n) is 6.57. The van der Waals surface area contributed by atoms with Crippen molar-refractivity contribution in [3.8, 4) is 0 Å². The lowest BCUT2D eigenvalue weighted by Crippen LogP contribution is -2.26. The highest BCUT2D eigenvalue weighted by Crippen LogP contribution is 2.32. The van der Waals surface area contributed by atoms with E-state index in [0.717, 1.165) is 0 Å². The molecular formula is C19H22O3. The molecule has 3 nitrogen and oxygen atoms in total.